The third kappa shape index (κ3) is 4.84. The Hall–Kier alpha value is -2.26. The van der Waals surface area contributed by atoms with Crippen LogP contribution >= 0.6 is 28.1 Å². The summed E-state index contributed by atoms with van der Waals surface area (Å²) in [4.78, 5) is 9.29. The Bertz CT molecular complexity index is 1120. The van der Waals surface area contributed by atoms with E-state index in [2.05, 4.69) is 67.2 Å². The standard InChI is InChI=1S/C25H27BrN4O2S/c1-17-5-6-18(19(26)16-17)21-7-8-22(32-21)24-23(20-4-2-3-9-27-20)28-25(33)30(24)11-10-29-12-14-31-15-13-29/h2-9,16,23-24H,10-15H2,1H3,(H,28,33)/t23-,24-/m0/s1. The van der Waals surface area contributed by atoms with E-state index in [9.17, 15) is 0 Å². The van der Waals surface area contributed by atoms with Crippen molar-refractivity contribution in [2.24, 2.45) is 0 Å². The smallest absolute Gasteiger partial charge is 0.170 e. The van der Waals surface area contributed by atoms with E-state index in [4.69, 9.17) is 21.4 Å². The number of thiocarbonyl (C=S) groups is 1. The normalized spacial score (nSPS) is 21.4. The summed E-state index contributed by atoms with van der Waals surface area (Å²) < 4.78 is 13.0. The summed E-state index contributed by atoms with van der Waals surface area (Å²) in [6, 6.07) is 16.2. The molecule has 0 unspecified atom stereocenters. The van der Waals surface area contributed by atoms with Crippen LogP contribution in [0.25, 0.3) is 11.3 Å². The zero-order chi connectivity index (χ0) is 22.8. The monoisotopic (exact) mass is 526 g/mol. The quantitative estimate of drug-likeness (QED) is 0.466. The van der Waals surface area contributed by atoms with Crippen molar-refractivity contribution in [3.63, 3.8) is 0 Å². The molecule has 1 aromatic carbocycles. The number of benzene rings is 1. The Balaban J connectivity index is 1.45. The van der Waals surface area contributed by atoms with E-state index in [0.717, 1.165) is 71.8 Å². The molecule has 2 aliphatic heterocycles. The fourth-order valence-corrected chi connectivity index (χ4v) is 5.53. The van der Waals surface area contributed by atoms with Crippen LogP contribution in [0, 0.1) is 6.92 Å². The van der Waals surface area contributed by atoms with E-state index in [1.54, 1.807) is 0 Å². The average Bonchev–Trinajstić information content (AvgIpc) is 3.43. The van der Waals surface area contributed by atoms with Gasteiger partial charge in [0.25, 0.3) is 0 Å². The second-order valence-electron chi connectivity index (χ2n) is 8.46. The van der Waals surface area contributed by atoms with Gasteiger partial charge in [-0.05, 0) is 61.1 Å². The highest BCUT2D eigenvalue weighted by molar-refractivity contribution is 9.10. The molecule has 2 saturated heterocycles. The van der Waals surface area contributed by atoms with Crippen molar-refractivity contribution in [2.45, 2.75) is 19.0 Å². The highest BCUT2D eigenvalue weighted by Gasteiger charge is 2.41. The number of morpholine rings is 1. The van der Waals surface area contributed by atoms with Crippen molar-refractivity contribution in [1.29, 1.82) is 0 Å². The molecule has 0 amide bonds. The number of rotatable bonds is 6. The van der Waals surface area contributed by atoms with Crippen molar-refractivity contribution in [3.8, 4) is 11.3 Å². The van der Waals surface area contributed by atoms with Crippen LogP contribution in [0.15, 0.2) is 63.6 Å². The molecule has 172 valence electrons. The van der Waals surface area contributed by atoms with Gasteiger partial charge in [-0.1, -0.05) is 28.1 Å². The lowest BCUT2D eigenvalue weighted by molar-refractivity contribution is 0.0347. The fourth-order valence-electron chi connectivity index (χ4n) is 4.51. The number of halogens is 1. The van der Waals surface area contributed by atoms with Crippen LogP contribution in [-0.2, 0) is 4.74 Å². The zero-order valence-corrected chi connectivity index (χ0v) is 20.9. The van der Waals surface area contributed by atoms with Crippen molar-refractivity contribution in [1.82, 2.24) is 20.1 Å². The number of ether oxygens (including phenoxy) is 1. The fraction of sp³-hybridized carbons (Fsp3) is 0.360. The highest BCUT2D eigenvalue weighted by Crippen LogP contribution is 2.41. The van der Waals surface area contributed by atoms with Crippen LogP contribution in [0.5, 0.6) is 0 Å². The Morgan fingerprint density at radius 3 is 2.73 bits per heavy atom. The first-order valence-electron chi connectivity index (χ1n) is 11.2. The van der Waals surface area contributed by atoms with Gasteiger partial charge < -0.3 is 19.4 Å². The van der Waals surface area contributed by atoms with Crippen LogP contribution in [0.1, 0.15) is 29.1 Å². The number of hydrogen-bond donors (Lipinski definition) is 1. The van der Waals surface area contributed by atoms with Crippen LogP contribution in [0.3, 0.4) is 0 Å². The van der Waals surface area contributed by atoms with E-state index in [1.165, 1.54) is 5.56 Å². The Kier molecular flexibility index (Phi) is 6.78. The molecule has 0 radical (unpaired) electrons. The molecular formula is C25H27BrN4O2S. The molecule has 0 spiro atoms. The molecule has 0 saturated carbocycles. The Morgan fingerprint density at radius 2 is 1.97 bits per heavy atom. The molecule has 3 aromatic rings. The van der Waals surface area contributed by atoms with Gasteiger partial charge in [0, 0.05) is 42.4 Å². The summed E-state index contributed by atoms with van der Waals surface area (Å²) >= 11 is 9.48. The Labute approximate surface area is 208 Å². The first-order chi connectivity index (χ1) is 16.1. The first kappa shape index (κ1) is 22.5. The maximum Gasteiger partial charge on any atom is 0.170 e. The summed E-state index contributed by atoms with van der Waals surface area (Å²) in [5.74, 6) is 1.71. The predicted molar refractivity (Wildman–Crippen MR) is 136 cm³/mol. The third-order valence-corrected chi connectivity index (χ3v) is 7.28. The Morgan fingerprint density at radius 1 is 1.12 bits per heavy atom. The summed E-state index contributed by atoms with van der Waals surface area (Å²) in [5, 5.41) is 4.24. The summed E-state index contributed by atoms with van der Waals surface area (Å²) in [5.41, 5.74) is 3.19. The highest BCUT2D eigenvalue weighted by atomic mass is 79.9. The lowest BCUT2D eigenvalue weighted by Crippen LogP contribution is -2.42. The van der Waals surface area contributed by atoms with Crippen LogP contribution in [0.2, 0.25) is 0 Å². The van der Waals surface area contributed by atoms with Crippen LogP contribution < -0.4 is 5.32 Å². The van der Waals surface area contributed by atoms with Crippen molar-refractivity contribution in [3.05, 3.63) is 76.2 Å². The van der Waals surface area contributed by atoms with Crippen molar-refractivity contribution in [2.75, 3.05) is 39.4 Å². The number of pyridine rings is 1. The van der Waals surface area contributed by atoms with Crippen LogP contribution in [0.4, 0.5) is 0 Å². The molecule has 0 aliphatic carbocycles. The van der Waals surface area contributed by atoms with Crippen LogP contribution in [-0.4, -0.2) is 59.3 Å². The van der Waals surface area contributed by atoms with Gasteiger partial charge in [0.15, 0.2) is 5.11 Å². The number of hydrogen-bond acceptors (Lipinski definition) is 5. The van der Waals surface area contributed by atoms with Gasteiger partial charge in [-0.25, -0.2) is 0 Å². The second kappa shape index (κ2) is 9.93. The lowest BCUT2D eigenvalue weighted by Gasteiger charge is -2.31. The summed E-state index contributed by atoms with van der Waals surface area (Å²) in [6.45, 7) is 7.30. The molecule has 0 bridgehead atoms. The molecule has 1 N–H and O–H groups in total. The summed E-state index contributed by atoms with van der Waals surface area (Å²) in [7, 11) is 0. The summed E-state index contributed by atoms with van der Waals surface area (Å²) in [6.07, 6.45) is 1.82. The average molecular weight is 527 g/mol. The minimum absolute atomic E-state index is 0.0774. The minimum Gasteiger partial charge on any atom is -0.459 e. The number of aryl methyl sites for hydroxylation is 1. The van der Waals surface area contributed by atoms with E-state index >= 15 is 0 Å². The molecule has 2 aliphatic rings. The number of nitrogens with zero attached hydrogens (tertiary/aromatic N) is 3. The minimum atomic E-state index is -0.0798. The van der Waals surface area contributed by atoms with Gasteiger partial charge in [0.1, 0.15) is 17.6 Å². The van der Waals surface area contributed by atoms with Gasteiger partial charge in [-0.2, -0.15) is 0 Å². The van der Waals surface area contributed by atoms with Gasteiger partial charge in [-0.3, -0.25) is 9.88 Å². The molecule has 5 rings (SSSR count). The maximum absolute atomic E-state index is 6.46. The molecule has 8 heteroatoms. The first-order valence-corrected chi connectivity index (χ1v) is 12.4. The van der Waals surface area contributed by atoms with Crippen molar-refractivity contribution >= 4 is 33.3 Å². The molecule has 6 nitrogen and oxygen atoms in total. The largest absolute Gasteiger partial charge is 0.459 e. The molecule has 2 atom stereocenters. The van der Waals surface area contributed by atoms with E-state index in [0.29, 0.717) is 0 Å². The van der Waals surface area contributed by atoms with E-state index in [1.807, 2.05) is 30.5 Å². The van der Waals surface area contributed by atoms with Crippen molar-refractivity contribution < 1.29 is 9.15 Å². The number of furan rings is 1. The zero-order valence-electron chi connectivity index (χ0n) is 18.5. The SMILES string of the molecule is Cc1ccc(-c2ccc([C@H]3[C@H](c4ccccn4)NC(=S)N3CCN3CCOCC3)o2)c(Br)c1. The lowest BCUT2D eigenvalue weighted by atomic mass is 10.0. The molecule has 2 fully saturated rings. The topological polar surface area (TPSA) is 53.8 Å². The molecule has 33 heavy (non-hydrogen) atoms. The second-order valence-corrected chi connectivity index (χ2v) is 9.70. The predicted octanol–water partition coefficient (Wildman–Crippen LogP) is 4.72. The van der Waals surface area contributed by atoms with E-state index in [-0.39, 0.29) is 12.1 Å². The number of nitrogens with one attached hydrogen (secondary N) is 1. The third-order valence-electron chi connectivity index (χ3n) is 6.27. The van der Waals surface area contributed by atoms with Gasteiger partial charge in [-0.15, -0.1) is 0 Å². The maximum atomic E-state index is 6.46. The van der Waals surface area contributed by atoms with Gasteiger partial charge in [0.2, 0.25) is 0 Å². The van der Waals surface area contributed by atoms with Gasteiger partial charge >= 0.3 is 0 Å². The molecule has 4 heterocycles. The number of aromatic nitrogens is 1. The van der Waals surface area contributed by atoms with Gasteiger partial charge in [0.05, 0.1) is 24.9 Å². The molecule has 2 aromatic heterocycles. The molecular weight excluding hydrogens is 500 g/mol. The van der Waals surface area contributed by atoms with E-state index < -0.39 is 0 Å².